The Hall–Kier alpha value is -9.73. The molecule has 13 unspecified atom stereocenters. The molecule has 0 saturated heterocycles. The summed E-state index contributed by atoms with van der Waals surface area (Å²) in [5.74, 6) is -52.9. The summed E-state index contributed by atoms with van der Waals surface area (Å²) in [5.41, 5.74) is 3.65. The number of fused-ring (bicyclic) bond motifs is 8. The van der Waals surface area contributed by atoms with E-state index in [2.05, 4.69) is 32.8 Å². The zero-order valence-corrected chi connectivity index (χ0v) is 73.1. The van der Waals surface area contributed by atoms with Crippen LogP contribution in [-0.4, -0.2) is 77.7 Å². The smallest absolute Gasteiger partial charge is 0.382 e. The molecule has 8 aromatic carbocycles. The number of alkyl halides is 19. The van der Waals surface area contributed by atoms with Crippen LogP contribution in [0.2, 0.25) is 0 Å². The molecule has 704 valence electrons. The maximum atomic E-state index is 14.0. The first kappa shape index (κ1) is 102. The molecule has 0 radical (unpaired) electrons. The minimum absolute atomic E-state index is 0.00220. The van der Waals surface area contributed by atoms with Crippen LogP contribution in [0.15, 0.2) is 97.1 Å². The van der Waals surface area contributed by atoms with Crippen LogP contribution in [0.3, 0.4) is 0 Å². The second kappa shape index (κ2) is 36.2. The third-order valence-electron chi connectivity index (χ3n) is 23.2. The molecule has 0 bridgehead atoms. The van der Waals surface area contributed by atoms with Crippen LogP contribution in [0, 0.1) is 114 Å². The predicted molar refractivity (Wildman–Crippen MR) is 422 cm³/mol. The average Bonchev–Trinajstić information content (AvgIpc) is 0.713. The molecule has 0 amide bonds. The lowest BCUT2D eigenvalue weighted by atomic mass is 9.86. The van der Waals surface area contributed by atoms with Gasteiger partial charge in [0, 0.05) is 49.4 Å². The number of rotatable bonds is 0. The normalized spacial score (nSPS) is 27.1. The van der Waals surface area contributed by atoms with E-state index in [9.17, 15) is 119 Å². The average molecular weight is 1850 g/mol. The van der Waals surface area contributed by atoms with Crippen LogP contribution in [-0.2, 0) is 30.6 Å². The predicted octanol–water partition coefficient (Wildman–Crippen LogP) is 28.7. The van der Waals surface area contributed by atoms with Gasteiger partial charge in [0.05, 0.1) is 46.7 Å². The summed E-state index contributed by atoms with van der Waals surface area (Å²) < 4.78 is 404. The number of aryl methyl sites for hydroxylation is 8. The summed E-state index contributed by atoms with van der Waals surface area (Å²) in [7, 11) is 0. The van der Waals surface area contributed by atoms with Gasteiger partial charge in [-0.3, -0.25) is 0 Å². The molecule has 13 atom stereocenters. The van der Waals surface area contributed by atoms with Gasteiger partial charge < -0.3 is 37.9 Å². The van der Waals surface area contributed by atoms with Gasteiger partial charge in [0.25, 0.3) is 11.8 Å². The Morgan fingerprint density at radius 3 is 1.16 bits per heavy atom. The zero-order chi connectivity index (χ0) is 96.8. The fourth-order valence-electron chi connectivity index (χ4n) is 15.2. The molecule has 8 aromatic rings. The highest BCUT2D eigenvalue weighted by Gasteiger charge is 2.75. The van der Waals surface area contributed by atoms with Crippen molar-refractivity contribution < 1.29 is 156 Å². The molecule has 0 spiro atoms. The summed E-state index contributed by atoms with van der Waals surface area (Å²) in [6, 6.07) is 20.7. The highest BCUT2D eigenvalue weighted by molar-refractivity contribution is 5.51. The Morgan fingerprint density at radius 1 is 0.305 bits per heavy atom. The summed E-state index contributed by atoms with van der Waals surface area (Å²) in [6.45, 7) is 30.0. The Balaban J connectivity index is 0.000000165. The van der Waals surface area contributed by atoms with Gasteiger partial charge in [-0.2, -0.15) is 65.9 Å². The van der Waals surface area contributed by atoms with E-state index in [1.54, 1.807) is 33.8 Å². The molecule has 128 heavy (non-hydrogen) atoms. The van der Waals surface area contributed by atoms with Gasteiger partial charge in [0.1, 0.15) is 6.10 Å². The second-order valence-electron chi connectivity index (χ2n) is 34.2. The fourth-order valence-corrected chi connectivity index (χ4v) is 15.2. The van der Waals surface area contributed by atoms with Crippen LogP contribution in [0.4, 0.5) is 119 Å². The first-order chi connectivity index (χ1) is 58.4. The van der Waals surface area contributed by atoms with Crippen LogP contribution < -0.4 is 37.9 Å². The first-order valence-corrected chi connectivity index (χ1v) is 40.3. The molecule has 0 fully saturated rings. The van der Waals surface area contributed by atoms with Crippen molar-refractivity contribution in [2.45, 2.75) is 278 Å². The van der Waals surface area contributed by atoms with Crippen molar-refractivity contribution in [2.75, 3.05) is 0 Å². The van der Waals surface area contributed by atoms with Gasteiger partial charge in [-0.15, -0.1) is 0 Å². The van der Waals surface area contributed by atoms with Crippen molar-refractivity contribution in [1.82, 2.24) is 0 Å². The van der Waals surface area contributed by atoms with Crippen LogP contribution >= 0.6 is 0 Å². The third kappa shape index (κ3) is 19.8. The summed E-state index contributed by atoms with van der Waals surface area (Å²) in [4.78, 5) is 0. The standard InChI is InChI=1S/C12H12F4O.2C12H13F3O.2C12H15FO.C11H8F6O.C11H9F5O.C11H10F4O/c1-6-4-8-7(2)12(15,16)11(3,14)17-10(8)9(13)5-6;1-6-4-9-7(2)12(14,15)8(3)16-11(9)10(13)5-6;1-6-4-9-11(10(13)5-6)16-8(3)7(2)12(9,14)15;1-7-4-10-6-8(2)9(3)14-12(10)11(13)5-7;1-7-4-10-8(2)6-9(3)14-12(10)11(13)5-7;1-5-3-6-8(7(12)4-5)18-9(2,13)11(16,17)10(6,14)15;1-5-3-7-9(8(12)4-5)17-6(2)10(13,14)11(7,15)16;1-6-3-7-5-11(14,15)10(2,13)16-9(7)8(12)4-6/h4-5,7H,1-3H3;2*4-5,7-8H,1-3H3;2*4-5,8-9H,6H2,1-3H3;3-4H,1-2H3;3-4,6H,1-2H3;3-4H,5H2,1-2H3. The monoisotopic (exact) mass is 1850 g/mol. The third-order valence-corrected chi connectivity index (χ3v) is 23.2. The fraction of sp³-hybridized carbons (Fsp3) is 0.484. The van der Waals surface area contributed by atoms with E-state index >= 15 is 0 Å². The van der Waals surface area contributed by atoms with Crippen LogP contribution in [0.25, 0.3) is 0 Å². The number of halogens is 27. The molecule has 16 rings (SSSR count). The molecule has 0 aromatic heterocycles. The van der Waals surface area contributed by atoms with Gasteiger partial charge in [-0.1, -0.05) is 65.0 Å². The van der Waals surface area contributed by atoms with Crippen LogP contribution in [0.5, 0.6) is 46.0 Å². The molecule has 35 heteroatoms. The minimum Gasteiger partial charge on any atom is -0.487 e. The highest BCUT2D eigenvalue weighted by atomic mass is 19.3. The Kier molecular flexibility index (Phi) is 28.9. The molecule has 8 nitrogen and oxygen atoms in total. The van der Waals surface area contributed by atoms with E-state index in [1.807, 2.05) is 39.8 Å². The number of hydrogen-bond donors (Lipinski definition) is 0. The molecule has 0 N–H and O–H groups in total. The van der Waals surface area contributed by atoms with Gasteiger partial charge in [0.2, 0.25) is 0 Å². The molecule has 8 aliphatic rings. The van der Waals surface area contributed by atoms with Crippen molar-refractivity contribution >= 4 is 0 Å². The Labute approximate surface area is 722 Å². The molecular weight excluding hydrogens is 1760 g/mol. The van der Waals surface area contributed by atoms with Gasteiger partial charge in [-0.05, 0) is 231 Å². The van der Waals surface area contributed by atoms with Crippen molar-refractivity contribution in [2.24, 2.45) is 11.8 Å². The molecule has 0 saturated carbocycles. The van der Waals surface area contributed by atoms with Gasteiger partial charge >= 0.3 is 53.1 Å². The molecular formula is C93H95F27O8. The quantitative estimate of drug-likeness (QED) is 0.139. The minimum atomic E-state index is -5.09. The van der Waals surface area contributed by atoms with Gasteiger partial charge in [0.15, 0.2) is 105 Å². The molecule has 0 aliphatic carbocycles. The lowest BCUT2D eigenvalue weighted by Crippen LogP contribution is -2.59. The summed E-state index contributed by atoms with van der Waals surface area (Å²) >= 11 is 0. The van der Waals surface area contributed by atoms with Crippen molar-refractivity contribution in [3.63, 3.8) is 0 Å². The van der Waals surface area contributed by atoms with E-state index < -0.39 is 176 Å². The Morgan fingerprint density at radius 2 is 0.664 bits per heavy atom. The number of ether oxygens (including phenoxy) is 8. The van der Waals surface area contributed by atoms with E-state index in [0.717, 1.165) is 79.3 Å². The van der Waals surface area contributed by atoms with E-state index in [1.165, 1.54) is 84.0 Å². The van der Waals surface area contributed by atoms with Crippen molar-refractivity contribution in [3.05, 3.63) is 233 Å². The lowest BCUT2D eigenvalue weighted by Gasteiger charge is -2.41. The van der Waals surface area contributed by atoms with Crippen molar-refractivity contribution in [3.8, 4) is 46.0 Å². The lowest BCUT2D eigenvalue weighted by molar-refractivity contribution is -0.336. The molecule has 8 aliphatic heterocycles. The van der Waals surface area contributed by atoms with Gasteiger partial charge in [-0.25, -0.2) is 52.7 Å². The summed E-state index contributed by atoms with van der Waals surface area (Å²) in [5, 5.41) is 0. The van der Waals surface area contributed by atoms with E-state index in [0.29, 0.717) is 65.5 Å². The van der Waals surface area contributed by atoms with E-state index in [-0.39, 0.29) is 75.6 Å². The second-order valence-corrected chi connectivity index (χ2v) is 34.2. The largest absolute Gasteiger partial charge is 0.487 e. The van der Waals surface area contributed by atoms with E-state index in [4.69, 9.17) is 18.9 Å². The zero-order valence-electron chi connectivity index (χ0n) is 73.1. The topological polar surface area (TPSA) is 73.8 Å². The SMILES string of the molecule is Cc1cc(F)c2c(c1)C(C)C(F)(F)C(C)(F)O2.Cc1cc(F)c2c(c1)C(C)C(F)(F)C(C)O2.Cc1cc(F)c2c(c1)C(C)CC(C)O2.Cc1cc(F)c2c(c1)C(F)(F)C(C)C(C)O2.Cc1cc(F)c2c(c1)C(F)(F)C(F)(F)C(C)(F)O2.Cc1cc(F)c2c(c1)C(F)(F)C(F)(F)C(C)O2.Cc1cc(F)c2c(c1)CC(C)C(C)O2.Cc1cc(F)c2c(c1)CC(F)(F)C(C)(F)O2. The van der Waals surface area contributed by atoms with Crippen molar-refractivity contribution in [1.29, 1.82) is 0 Å². The maximum Gasteiger partial charge on any atom is 0.382 e. The van der Waals surface area contributed by atoms with Crippen LogP contribution in [0.1, 0.15) is 203 Å². The summed E-state index contributed by atoms with van der Waals surface area (Å²) in [6.07, 6.45) is -2.82. The highest BCUT2D eigenvalue weighted by Crippen LogP contribution is 2.60. The Bertz CT molecular complexity index is 5430. The number of hydrogen-bond acceptors (Lipinski definition) is 8. The molecule has 8 heterocycles. The number of benzene rings is 8. The first-order valence-electron chi connectivity index (χ1n) is 40.3. The maximum absolute atomic E-state index is 14.0.